The zero-order valence-corrected chi connectivity index (χ0v) is 24.7. The van der Waals surface area contributed by atoms with Crippen molar-refractivity contribution in [2.24, 2.45) is 0 Å². The van der Waals surface area contributed by atoms with Crippen LogP contribution in [-0.4, -0.2) is 31.1 Å². The van der Waals surface area contributed by atoms with Gasteiger partial charge < -0.3 is 24.7 Å². The quantitative estimate of drug-likeness (QED) is 0.0876. The molecule has 0 radical (unpaired) electrons. The second kappa shape index (κ2) is 13.4. The summed E-state index contributed by atoms with van der Waals surface area (Å²) in [5.41, 5.74) is 13.3. The third-order valence-electron chi connectivity index (χ3n) is 6.85. The summed E-state index contributed by atoms with van der Waals surface area (Å²) in [6, 6.07) is 16.6. The smallest absolute Gasteiger partial charge is 0.338 e. The summed E-state index contributed by atoms with van der Waals surface area (Å²) in [6.45, 7) is 16.0. The summed E-state index contributed by atoms with van der Waals surface area (Å²) in [6.07, 6.45) is 1.63. The van der Waals surface area contributed by atoms with Gasteiger partial charge in [-0.15, -0.1) is 0 Å². The summed E-state index contributed by atoms with van der Waals surface area (Å²) in [5, 5.41) is 0. The van der Waals surface area contributed by atoms with Crippen molar-refractivity contribution in [3.05, 3.63) is 102 Å². The molecule has 1 aliphatic carbocycles. The standard InChI is InChI=1S/C35H35NO7/c1-20(2)33(37)41-14-13-40-32-12-10-23-7-8-25(17-30(23)32)29-11-9-24(18-31(29)36)26-15-27(42-34(38)21(3)4)19-28(16-26)43-35(39)22(5)6/h7-9,11,15-19,32H,1,3,5,10,12-14,36H2,2,4,6H3. The number of aryl methyl sites for hydroxylation is 1. The van der Waals surface area contributed by atoms with Crippen molar-refractivity contribution in [2.75, 3.05) is 18.9 Å². The van der Waals surface area contributed by atoms with E-state index in [0.29, 0.717) is 16.8 Å². The third-order valence-corrected chi connectivity index (χ3v) is 6.85. The van der Waals surface area contributed by atoms with E-state index in [4.69, 9.17) is 24.7 Å². The van der Waals surface area contributed by atoms with E-state index in [1.54, 1.807) is 32.9 Å². The van der Waals surface area contributed by atoms with Crippen LogP contribution in [0.25, 0.3) is 22.3 Å². The molecule has 3 aromatic rings. The van der Waals surface area contributed by atoms with E-state index < -0.39 is 17.9 Å². The van der Waals surface area contributed by atoms with Crippen LogP contribution < -0.4 is 15.2 Å². The minimum absolute atomic E-state index is 0.107. The molecule has 43 heavy (non-hydrogen) atoms. The first kappa shape index (κ1) is 31.0. The van der Waals surface area contributed by atoms with Gasteiger partial charge in [-0.2, -0.15) is 0 Å². The Morgan fingerprint density at radius 2 is 1.35 bits per heavy atom. The predicted octanol–water partition coefficient (Wildman–Crippen LogP) is 6.69. The van der Waals surface area contributed by atoms with E-state index in [2.05, 4.69) is 31.9 Å². The molecular weight excluding hydrogens is 546 g/mol. The van der Waals surface area contributed by atoms with Gasteiger partial charge in [-0.05, 0) is 85.7 Å². The first-order valence-electron chi connectivity index (χ1n) is 13.8. The Balaban J connectivity index is 1.58. The first-order valence-corrected chi connectivity index (χ1v) is 13.8. The highest BCUT2D eigenvalue weighted by atomic mass is 16.6. The molecule has 0 amide bonds. The van der Waals surface area contributed by atoms with Crippen molar-refractivity contribution < 1.29 is 33.3 Å². The van der Waals surface area contributed by atoms with Crippen LogP contribution in [0.3, 0.4) is 0 Å². The molecule has 0 saturated carbocycles. The van der Waals surface area contributed by atoms with Gasteiger partial charge in [0.1, 0.15) is 18.1 Å². The molecule has 0 saturated heterocycles. The maximum absolute atomic E-state index is 12.2. The number of rotatable bonds is 11. The molecule has 8 nitrogen and oxygen atoms in total. The SMILES string of the molecule is C=C(C)C(=O)OCCOC1CCc2ccc(-c3ccc(-c4cc(OC(=O)C(=C)C)cc(OC(=O)C(=C)C)c4)cc3N)cc21. The van der Waals surface area contributed by atoms with Crippen LogP contribution in [0.15, 0.2) is 91.1 Å². The van der Waals surface area contributed by atoms with E-state index >= 15 is 0 Å². The Morgan fingerprint density at radius 3 is 1.93 bits per heavy atom. The van der Waals surface area contributed by atoms with E-state index in [1.165, 1.54) is 11.6 Å². The minimum Gasteiger partial charge on any atom is -0.460 e. The van der Waals surface area contributed by atoms with E-state index in [0.717, 1.165) is 35.1 Å². The van der Waals surface area contributed by atoms with Crippen LogP contribution in [0.4, 0.5) is 5.69 Å². The van der Waals surface area contributed by atoms with Gasteiger partial charge in [-0.1, -0.05) is 44.0 Å². The van der Waals surface area contributed by atoms with Crippen molar-refractivity contribution in [1.29, 1.82) is 0 Å². The number of hydrogen-bond donors (Lipinski definition) is 1. The molecule has 0 bridgehead atoms. The lowest BCUT2D eigenvalue weighted by Gasteiger charge is -2.16. The fourth-order valence-electron chi connectivity index (χ4n) is 4.60. The summed E-state index contributed by atoms with van der Waals surface area (Å²) in [5.74, 6) is -1.25. The Labute approximate surface area is 251 Å². The molecule has 1 atom stereocenters. The van der Waals surface area contributed by atoms with Crippen LogP contribution in [-0.2, 0) is 30.3 Å². The number of esters is 3. The molecule has 0 aliphatic heterocycles. The Bertz CT molecular complexity index is 1590. The number of hydrogen-bond acceptors (Lipinski definition) is 8. The highest BCUT2D eigenvalue weighted by molar-refractivity contribution is 5.91. The maximum Gasteiger partial charge on any atom is 0.338 e. The normalized spacial score (nSPS) is 13.5. The number of nitrogen functional groups attached to an aromatic ring is 1. The second-order valence-corrected chi connectivity index (χ2v) is 10.6. The van der Waals surface area contributed by atoms with Gasteiger partial charge in [-0.25, -0.2) is 14.4 Å². The first-order chi connectivity index (χ1) is 20.4. The van der Waals surface area contributed by atoms with Gasteiger partial charge in [-0.3, -0.25) is 0 Å². The maximum atomic E-state index is 12.2. The third kappa shape index (κ3) is 7.67. The van der Waals surface area contributed by atoms with Crippen molar-refractivity contribution in [2.45, 2.75) is 39.7 Å². The van der Waals surface area contributed by atoms with Crippen LogP contribution in [0.1, 0.15) is 44.4 Å². The molecule has 0 spiro atoms. The Kier molecular flexibility index (Phi) is 9.63. The van der Waals surface area contributed by atoms with Crippen LogP contribution in [0.2, 0.25) is 0 Å². The summed E-state index contributed by atoms with van der Waals surface area (Å²) >= 11 is 0. The lowest BCUT2D eigenvalue weighted by molar-refractivity contribution is -0.141. The molecular formula is C35H35NO7. The molecule has 4 rings (SSSR count). The highest BCUT2D eigenvalue weighted by Gasteiger charge is 2.24. The van der Waals surface area contributed by atoms with E-state index in [1.807, 2.05) is 24.3 Å². The number of anilines is 1. The monoisotopic (exact) mass is 581 g/mol. The summed E-state index contributed by atoms with van der Waals surface area (Å²) < 4.78 is 22.0. The predicted molar refractivity (Wildman–Crippen MR) is 165 cm³/mol. The van der Waals surface area contributed by atoms with Gasteiger partial charge in [0, 0.05) is 34.0 Å². The van der Waals surface area contributed by atoms with E-state index in [-0.39, 0.29) is 42.0 Å². The van der Waals surface area contributed by atoms with Crippen LogP contribution in [0, 0.1) is 0 Å². The fraction of sp³-hybridized carbons (Fsp3) is 0.229. The summed E-state index contributed by atoms with van der Waals surface area (Å²) in [7, 11) is 0. The molecule has 2 N–H and O–H groups in total. The van der Waals surface area contributed by atoms with Crippen molar-refractivity contribution in [3.8, 4) is 33.8 Å². The molecule has 1 unspecified atom stereocenters. The molecule has 8 heteroatoms. The number of nitrogens with two attached hydrogens (primary N) is 1. The number of benzene rings is 3. The second-order valence-electron chi connectivity index (χ2n) is 10.6. The minimum atomic E-state index is -0.601. The van der Waals surface area contributed by atoms with E-state index in [9.17, 15) is 14.4 Å². The average Bonchev–Trinajstić information content (AvgIpc) is 3.36. The topological polar surface area (TPSA) is 114 Å². The molecule has 3 aromatic carbocycles. The number of fused-ring (bicyclic) bond motifs is 1. The number of carbonyl (C=O) groups is 3. The molecule has 222 valence electrons. The fourth-order valence-corrected chi connectivity index (χ4v) is 4.60. The zero-order valence-electron chi connectivity index (χ0n) is 24.7. The lowest BCUT2D eigenvalue weighted by Crippen LogP contribution is -2.12. The Hall–Kier alpha value is -4.95. The van der Waals surface area contributed by atoms with Gasteiger partial charge >= 0.3 is 17.9 Å². The van der Waals surface area contributed by atoms with Gasteiger partial charge in [0.25, 0.3) is 0 Å². The van der Waals surface area contributed by atoms with Crippen molar-refractivity contribution in [3.63, 3.8) is 0 Å². The number of carbonyl (C=O) groups excluding carboxylic acids is 3. The van der Waals surface area contributed by atoms with Crippen LogP contribution in [0.5, 0.6) is 11.5 Å². The average molecular weight is 582 g/mol. The number of ether oxygens (including phenoxy) is 4. The molecule has 0 fully saturated rings. The van der Waals surface area contributed by atoms with Crippen LogP contribution >= 0.6 is 0 Å². The zero-order chi connectivity index (χ0) is 31.3. The largest absolute Gasteiger partial charge is 0.460 e. The molecule has 0 heterocycles. The van der Waals surface area contributed by atoms with Gasteiger partial charge in [0.05, 0.1) is 12.7 Å². The van der Waals surface area contributed by atoms with Gasteiger partial charge in [0.15, 0.2) is 0 Å². The Morgan fingerprint density at radius 1 is 0.744 bits per heavy atom. The molecule has 1 aliphatic rings. The highest BCUT2D eigenvalue weighted by Crippen LogP contribution is 2.39. The summed E-state index contributed by atoms with van der Waals surface area (Å²) in [4.78, 5) is 36.0. The molecule has 0 aromatic heterocycles. The van der Waals surface area contributed by atoms with Gasteiger partial charge in [0.2, 0.25) is 0 Å². The van der Waals surface area contributed by atoms with Crippen molar-refractivity contribution >= 4 is 23.6 Å². The van der Waals surface area contributed by atoms with Crippen molar-refractivity contribution in [1.82, 2.24) is 0 Å². The lowest BCUT2D eigenvalue weighted by atomic mass is 9.96.